The van der Waals surface area contributed by atoms with Gasteiger partial charge < -0.3 is 20.6 Å². The first-order valence-corrected chi connectivity index (χ1v) is 10.4. The van der Waals surface area contributed by atoms with Crippen molar-refractivity contribution >= 4 is 11.7 Å². The molecule has 3 heterocycles. The van der Waals surface area contributed by atoms with Gasteiger partial charge in [0.15, 0.2) is 5.82 Å². The van der Waals surface area contributed by atoms with Gasteiger partial charge in [-0.15, -0.1) is 10.2 Å². The number of carbonyl (C=O) groups is 1. The predicted molar refractivity (Wildman–Crippen MR) is 116 cm³/mol. The first kappa shape index (κ1) is 19.5. The monoisotopic (exact) mass is 419 g/mol. The maximum Gasteiger partial charge on any atom is 0.223 e. The molecule has 4 N–H and O–H groups in total. The van der Waals surface area contributed by atoms with Crippen LogP contribution >= 0.6 is 0 Å². The van der Waals surface area contributed by atoms with Crippen molar-refractivity contribution in [3.63, 3.8) is 0 Å². The van der Waals surface area contributed by atoms with Crippen molar-refractivity contribution in [2.45, 2.75) is 12.5 Å². The second-order valence-corrected chi connectivity index (χ2v) is 8.26. The van der Waals surface area contributed by atoms with Crippen molar-refractivity contribution in [2.75, 3.05) is 31.6 Å². The molecule has 1 amide bonds. The third kappa shape index (κ3) is 3.50. The van der Waals surface area contributed by atoms with Gasteiger partial charge in [-0.1, -0.05) is 6.07 Å². The van der Waals surface area contributed by atoms with Crippen molar-refractivity contribution < 1.29 is 9.90 Å². The summed E-state index contributed by atoms with van der Waals surface area (Å²) in [5, 5.41) is 25.9. The number of H-pyrrole nitrogens is 1. The highest BCUT2D eigenvalue weighted by atomic mass is 16.3. The van der Waals surface area contributed by atoms with Crippen molar-refractivity contribution in [1.82, 2.24) is 25.3 Å². The molecule has 1 aliphatic carbocycles. The van der Waals surface area contributed by atoms with Crippen LogP contribution < -0.4 is 10.6 Å². The Hall–Kier alpha value is -3.46. The predicted octanol–water partition coefficient (Wildman–Crippen LogP) is 1.48. The second kappa shape index (κ2) is 7.66. The second-order valence-electron chi connectivity index (χ2n) is 8.26. The Morgan fingerprint density at radius 2 is 2.03 bits per heavy atom. The Morgan fingerprint density at radius 3 is 2.65 bits per heavy atom. The number of phenolic OH excluding ortho intramolecular Hbond substituents is 1. The van der Waals surface area contributed by atoms with Gasteiger partial charge in [-0.2, -0.15) is 5.10 Å². The van der Waals surface area contributed by atoms with E-state index >= 15 is 0 Å². The lowest BCUT2D eigenvalue weighted by Crippen LogP contribution is -2.37. The number of phenols is 1. The van der Waals surface area contributed by atoms with E-state index in [1.807, 2.05) is 36.2 Å². The summed E-state index contributed by atoms with van der Waals surface area (Å²) in [5.41, 5.74) is 8.52. The molecule has 3 aromatic rings. The number of amides is 1. The topological polar surface area (TPSA) is 124 Å². The summed E-state index contributed by atoms with van der Waals surface area (Å²) in [5.74, 6) is 2.05. The molecule has 1 saturated carbocycles. The van der Waals surface area contributed by atoms with E-state index in [9.17, 15) is 9.90 Å². The zero-order valence-corrected chi connectivity index (χ0v) is 17.3. The summed E-state index contributed by atoms with van der Waals surface area (Å²) >= 11 is 0. The number of nitrogens with one attached hydrogen (secondary N) is 1. The molecule has 0 bridgehead atoms. The molecule has 1 saturated heterocycles. The first-order chi connectivity index (χ1) is 15.1. The number of aromatic hydroxyl groups is 1. The molecule has 31 heavy (non-hydrogen) atoms. The zero-order valence-electron chi connectivity index (χ0n) is 17.3. The number of hydrogen-bond acceptors (Lipinski definition) is 7. The van der Waals surface area contributed by atoms with Gasteiger partial charge in [0.05, 0.1) is 11.9 Å². The minimum Gasteiger partial charge on any atom is -0.507 e. The van der Waals surface area contributed by atoms with E-state index < -0.39 is 0 Å². The van der Waals surface area contributed by atoms with E-state index in [1.54, 1.807) is 18.5 Å². The van der Waals surface area contributed by atoms with Crippen molar-refractivity contribution in [2.24, 2.45) is 17.6 Å². The van der Waals surface area contributed by atoms with Crippen LogP contribution in [0.2, 0.25) is 0 Å². The highest BCUT2D eigenvalue weighted by molar-refractivity contribution is 5.77. The maximum atomic E-state index is 12.0. The number of benzene rings is 1. The Morgan fingerprint density at radius 1 is 1.23 bits per heavy atom. The van der Waals surface area contributed by atoms with Gasteiger partial charge in [-0.05, 0) is 29.8 Å². The van der Waals surface area contributed by atoms with Gasteiger partial charge in [0.1, 0.15) is 5.75 Å². The third-order valence-corrected chi connectivity index (χ3v) is 6.42. The van der Waals surface area contributed by atoms with Crippen molar-refractivity contribution in [3.05, 3.63) is 42.7 Å². The highest BCUT2D eigenvalue weighted by Crippen LogP contribution is 2.49. The minimum absolute atomic E-state index is 0.146. The van der Waals surface area contributed by atoms with E-state index in [1.165, 1.54) is 0 Å². The van der Waals surface area contributed by atoms with Gasteiger partial charge in [0, 0.05) is 68.3 Å². The van der Waals surface area contributed by atoms with Gasteiger partial charge in [0.25, 0.3) is 0 Å². The standard InChI is InChI=1S/C22H25N7O2/c1-28(22-16-11-29(12-17(16)22)21(31)6-7-23)20-5-4-18(26-27-20)15-3-2-13(8-19(15)30)14-9-24-25-10-14/h2-5,8-10,16-17,22,30H,6-7,11-12,23H2,1H3,(H,24,25)/t16-,17+,22?. The quantitative estimate of drug-likeness (QED) is 0.553. The number of nitrogens with zero attached hydrogens (tertiary/aromatic N) is 5. The molecule has 2 aromatic heterocycles. The lowest BCUT2D eigenvalue weighted by molar-refractivity contribution is -0.130. The van der Waals surface area contributed by atoms with Crippen LogP contribution in [0.5, 0.6) is 5.75 Å². The number of aromatic nitrogens is 4. The van der Waals surface area contributed by atoms with E-state index in [-0.39, 0.29) is 11.7 Å². The van der Waals surface area contributed by atoms with Crippen LogP contribution in [0, 0.1) is 11.8 Å². The van der Waals surface area contributed by atoms with Crippen LogP contribution in [0.25, 0.3) is 22.4 Å². The Kier molecular flexibility index (Phi) is 4.82. The SMILES string of the molecule is CN(c1ccc(-c2ccc(-c3cn[nH]c3)cc2O)nn1)C1[C@H]2CN(C(=O)CCN)C[C@@H]12. The number of carbonyl (C=O) groups excluding carboxylic acids is 1. The fourth-order valence-electron chi connectivity index (χ4n) is 4.70. The van der Waals surface area contributed by atoms with E-state index in [0.29, 0.717) is 42.1 Å². The average molecular weight is 419 g/mol. The Balaban J connectivity index is 1.26. The summed E-state index contributed by atoms with van der Waals surface area (Å²) in [7, 11) is 2.02. The fraction of sp³-hybridized carbons (Fsp3) is 0.364. The van der Waals surface area contributed by atoms with E-state index in [4.69, 9.17) is 5.73 Å². The lowest BCUT2D eigenvalue weighted by Gasteiger charge is -2.25. The fourth-order valence-corrected chi connectivity index (χ4v) is 4.70. The number of fused-ring (bicyclic) bond motifs is 1. The molecular weight excluding hydrogens is 394 g/mol. The summed E-state index contributed by atoms with van der Waals surface area (Å²) in [6, 6.07) is 9.64. The molecule has 1 aromatic carbocycles. The van der Waals surface area contributed by atoms with Gasteiger partial charge >= 0.3 is 0 Å². The number of hydrogen-bond donors (Lipinski definition) is 3. The molecule has 9 nitrogen and oxygen atoms in total. The Labute approximate surface area is 179 Å². The minimum atomic E-state index is 0.146. The normalized spacial score (nSPS) is 21.7. The molecule has 1 unspecified atom stereocenters. The lowest BCUT2D eigenvalue weighted by atomic mass is 10.0. The molecule has 0 radical (unpaired) electrons. The molecule has 3 atom stereocenters. The first-order valence-electron chi connectivity index (χ1n) is 10.4. The average Bonchev–Trinajstić information content (AvgIpc) is 3.17. The molecule has 0 spiro atoms. The molecule has 9 heteroatoms. The number of piperidine rings is 1. The molecule has 1 aliphatic heterocycles. The molecule has 5 rings (SSSR count). The molecule has 2 aliphatic rings. The molecular formula is C22H25N7O2. The largest absolute Gasteiger partial charge is 0.507 e. The van der Waals surface area contributed by atoms with Crippen LogP contribution in [0.4, 0.5) is 5.82 Å². The van der Waals surface area contributed by atoms with Gasteiger partial charge in [-0.25, -0.2) is 0 Å². The number of nitrogens with two attached hydrogens (primary N) is 1. The summed E-state index contributed by atoms with van der Waals surface area (Å²) < 4.78 is 0. The zero-order chi connectivity index (χ0) is 21.5. The smallest absolute Gasteiger partial charge is 0.223 e. The summed E-state index contributed by atoms with van der Waals surface area (Å²) in [6.07, 6.45) is 3.90. The van der Waals surface area contributed by atoms with Gasteiger partial charge in [-0.3, -0.25) is 9.89 Å². The summed E-state index contributed by atoms with van der Waals surface area (Å²) in [6.45, 7) is 1.99. The Bertz CT molecular complexity index is 1070. The number of rotatable bonds is 6. The maximum absolute atomic E-state index is 12.0. The van der Waals surface area contributed by atoms with E-state index in [0.717, 1.165) is 30.0 Å². The van der Waals surface area contributed by atoms with Crippen LogP contribution in [0.1, 0.15) is 6.42 Å². The van der Waals surface area contributed by atoms with Crippen molar-refractivity contribution in [1.29, 1.82) is 0 Å². The van der Waals surface area contributed by atoms with Crippen LogP contribution in [0.15, 0.2) is 42.7 Å². The molecule has 160 valence electrons. The number of likely N-dealkylation sites (tertiary alicyclic amines) is 1. The van der Waals surface area contributed by atoms with Crippen LogP contribution in [-0.4, -0.2) is 69.0 Å². The van der Waals surface area contributed by atoms with Crippen LogP contribution in [-0.2, 0) is 4.79 Å². The highest BCUT2D eigenvalue weighted by Gasteiger charge is 2.58. The van der Waals surface area contributed by atoms with Crippen LogP contribution in [0.3, 0.4) is 0 Å². The third-order valence-electron chi connectivity index (χ3n) is 6.42. The van der Waals surface area contributed by atoms with Crippen molar-refractivity contribution in [3.8, 4) is 28.1 Å². The number of anilines is 1. The van der Waals surface area contributed by atoms with E-state index in [2.05, 4.69) is 25.3 Å². The number of aromatic amines is 1. The summed E-state index contributed by atoms with van der Waals surface area (Å²) in [4.78, 5) is 16.1. The van der Waals surface area contributed by atoms with Gasteiger partial charge in [0.2, 0.25) is 5.91 Å². The molecule has 2 fully saturated rings.